The van der Waals surface area contributed by atoms with Gasteiger partial charge in [0.15, 0.2) is 6.61 Å². The summed E-state index contributed by atoms with van der Waals surface area (Å²) in [5.74, 6) is -1.03. The molecule has 134 valence electrons. The lowest BCUT2D eigenvalue weighted by Crippen LogP contribution is -2.47. The largest absolute Gasteiger partial charge is 0.454 e. The number of hydrogen-bond acceptors (Lipinski definition) is 6. The second-order valence-electron chi connectivity index (χ2n) is 6.37. The van der Waals surface area contributed by atoms with E-state index in [-0.39, 0.29) is 29.3 Å². The van der Waals surface area contributed by atoms with Crippen LogP contribution in [0.15, 0.2) is 0 Å². The Balaban J connectivity index is 1.76. The summed E-state index contributed by atoms with van der Waals surface area (Å²) in [5, 5.41) is 5.02. The number of amides is 3. The second-order valence-corrected chi connectivity index (χ2v) is 7.87. The van der Waals surface area contributed by atoms with E-state index in [2.05, 4.69) is 10.6 Å². The predicted molar refractivity (Wildman–Crippen MR) is 88.0 cm³/mol. The van der Waals surface area contributed by atoms with Crippen molar-refractivity contribution in [1.29, 1.82) is 0 Å². The summed E-state index contributed by atoms with van der Waals surface area (Å²) in [6.07, 6.45) is 1.14. The first-order valence-corrected chi connectivity index (χ1v) is 8.90. The van der Waals surface area contributed by atoms with Crippen molar-refractivity contribution in [3.05, 3.63) is 0 Å². The highest BCUT2D eigenvalue weighted by Gasteiger charge is 2.53. The maximum atomic E-state index is 12.2. The van der Waals surface area contributed by atoms with Crippen molar-refractivity contribution in [3.8, 4) is 0 Å². The van der Waals surface area contributed by atoms with Crippen LogP contribution in [0, 0.1) is 0 Å². The van der Waals surface area contributed by atoms with Crippen LogP contribution in [0.5, 0.6) is 0 Å². The molecule has 2 N–H and O–H groups in total. The van der Waals surface area contributed by atoms with Gasteiger partial charge in [0.1, 0.15) is 6.04 Å². The average Bonchev–Trinajstić information content (AvgIpc) is 2.99. The molecule has 0 bridgehead atoms. The molecule has 0 spiro atoms. The van der Waals surface area contributed by atoms with Crippen LogP contribution in [0.3, 0.4) is 0 Å². The lowest BCUT2D eigenvalue weighted by Gasteiger charge is -2.29. The molecule has 8 nitrogen and oxygen atoms in total. The SMILES string of the molecule is CC(C)NC(=O)CNC(=O)COC(=O)[C@H]1CS[C@]2(C)CCC(=O)N12. The van der Waals surface area contributed by atoms with Crippen LogP contribution >= 0.6 is 11.8 Å². The molecule has 0 aromatic heterocycles. The van der Waals surface area contributed by atoms with Gasteiger partial charge in [-0.25, -0.2) is 4.79 Å². The summed E-state index contributed by atoms with van der Waals surface area (Å²) in [5.41, 5.74) is 0. The number of esters is 1. The number of ether oxygens (including phenoxy) is 1. The fourth-order valence-corrected chi connectivity index (χ4v) is 4.25. The molecule has 2 atom stereocenters. The van der Waals surface area contributed by atoms with Crippen LogP contribution in [0.4, 0.5) is 0 Å². The van der Waals surface area contributed by atoms with Gasteiger partial charge in [-0.1, -0.05) is 0 Å². The summed E-state index contributed by atoms with van der Waals surface area (Å²) in [7, 11) is 0. The van der Waals surface area contributed by atoms with Crippen molar-refractivity contribution in [2.45, 2.75) is 50.6 Å². The van der Waals surface area contributed by atoms with Crippen molar-refractivity contribution in [1.82, 2.24) is 15.5 Å². The molecule has 2 heterocycles. The van der Waals surface area contributed by atoms with Gasteiger partial charge in [0.25, 0.3) is 5.91 Å². The molecule has 9 heteroatoms. The monoisotopic (exact) mass is 357 g/mol. The average molecular weight is 357 g/mol. The van der Waals surface area contributed by atoms with Gasteiger partial charge >= 0.3 is 5.97 Å². The van der Waals surface area contributed by atoms with E-state index in [9.17, 15) is 19.2 Å². The van der Waals surface area contributed by atoms with E-state index in [1.54, 1.807) is 16.7 Å². The number of hydrogen-bond donors (Lipinski definition) is 2. The highest BCUT2D eigenvalue weighted by molar-refractivity contribution is 8.01. The summed E-state index contributed by atoms with van der Waals surface area (Å²) >= 11 is 1.56. The summed E-state index contributed by atoms with van der Waals surface area (Å²) < 4.78 is 5.01. The first-order chi connectivity index (χ1) is 11.2. The van der Waals surface area contributed by atoms with Crippen molar-refractivity contribution in [2.24, 2.45) is 0 Å². The van der Waals surface area contributed by atoms with Crippen LogP contribution in [0.1, 0.15) is 33.6 Å². The van der Waals surface area contributed by atoms with Crippen LogP contribution < -0.4 is 10.6 Å². The first kappa shape index (κ1) is 18.6. The fraction of sp³-hybridized carbons (Fsp3) is 0.733. The molecule has 2 aliphatic rings. The Morgan fingerprint density at radius 1 is 1.38 bits per heavy atom. The quantitative estimate of drug-likeness (QED) is 0.628. The maximum absolute atomic E-state index is 12.2. The van der Waals surface area contributed by atoms with E-state index in [0.29, 0.717) is 18.6 Å². The van der Waals surface area contributed by atoms with Crippen molar-refractivity contribution < 1.29 is 23.9 Å². The highest BCUT2D eigenvalue weighted by atomic mass is 32.2. The minimum absolute atomic E-state index is 0.0144. The molecular weight excluding hydrogens is 334 g/mol. The Morgan fingerprint density at radius 2 is 2.08 bits per heavy atom. The normalized spacial score (nSPS) is 25.6. The predicted octanol–water partition coefficient (Wildman–Crippen LogP) is -0.376. The third kappa shape index (κ3) is 4.19. The molecule has 3 amide bonds. The molecule has 0 aliphatic carbocycles. The van der Waals surface area contributed by atoms with Gasteiger partial charge in [-0.2, -0.15) is 0 Å². The van der Waals surface area contributed by atoms with E-state index in [1.807, 2.05) is 20.8 Å². The number of rotatable bonds is 6. The maximum Gasteiger partial charge on any atom is 0.330 e. The van der Waals surface area contributed by atoms with Crippen LogP contribution in [0.25, 0.3) is 0 Å². The lowest BCUT2D eigenvalue weighted by atomic mass is 10.2. The van der Waals surface area contributed by atoms with Crippen molar-refractivity contribution in [2.75, 3.05) is 18.9 Å². The number of nitrogens with zero attached hydrogens (tertiary/aromatic N) is 1. The molecule has 24 heavy (non-hydrogen) atoms. The minimum Gasteiger partial charge on any atom is -0.454 e. The Labute approximate surface area is 145 Å². The van der Waals surface area contributed by atoms with E-state index in [0.717, 1.165) is 0 Å². The van der Waals surface area contributed by atoms with E-state index in [4.69, 9.17) is 4.74 Å². The van der Waals surface area contributed by atoms with E-state index in [1.165, 1.54) is 0 Å². The van der Waals surface area contributed by atoms with Crippen molar-refractivity contribution >= 4 is 35.5 Å². The first-order valence-electron chi connectivity index (χ1n) is 7.92. The molecule has 0 aromatic rings. The molecule has 2 fully saturated rings. The zero-order valence-corrected chi connectivity index (χ0v) is 14.9. The molecule has 2 aliphatic heterocycles. The number of nitrogens with one attached hydrogen (secondary N) is 2. The molecule has 0 aromatic carbocycles. The van der Waals surface area contributed by atoms with Crippen molar-refractivity contribution in [3.63, 3.8) is 0 Å². The number of carbonyl (C=O) groups excluding carboxylic acids is 4. The zero-order chi connectivity index (χ0) is 17.9. The Bertz CT molecular complexity index is 553. The second kappa shape index (κ2) is 7.42. The van der Waals surface area contributed by atoms with Crippen LogP contribution in [0.2, 0.25) is 0 Å². The van der Waals surface area contributed by atoms with Gasteiger partial charge in [0, 0.05) is 18.2 Å². The van der Waals surface area contributed by atoms with Crippen LogP contribution in [-0.4, -0.2) is 64.4 Å². The van der Waals surface area contributed by atoms with Gasteiger partial charge in [-0.15, -0.1) is 11.8 Å². The zero-order valence-electron chi connectivity index (χ0n) is 14.1. The summed E-state index contributed by atoms with van der Waals surface area (Å²) in [4.78, 5) is 48.4. The Kier molecular flexibility index (Phi) is 5.74. The van der Waals surface area contributed by atoms with Gasteiger partial charge in [-0.3, -0.25) is 14.4 Å². The number of thioether (sulfide) groups is 1. The van der Waals surface area contributed by atoms with E-state index < -0.39 is 24.5 Å². The van der Waals surface area contributed by atoms with Crippen LogP contribution in [-0.2, 0) is 23.9 Å². The molecule has 2 rings (SSSR count). The summed E-state index contributed by atoms with van der Waals surface area (Å²) in [6, 6.07) is -0.661. The fourth-order valence-electron chi connectivity index (χ4n) is 2.83. The summed E-state index contributed by atoms with van der Waals surface area (Å²) in [6.45, 7) is 4.93. The standard InChI is InChI=1S/C15H23N3O5S/c1-9(2)17-11(19)6-16-12(20)7-23-14(22)10-8-24-15(3)5-4-13(21)18(10)15/h9-10H,4-8H2,1-3H3,(H,16,20)(H,17,19)/t10-,15-/m1/s1. The molecule has 0 unspecified atom stereocenters. The smallest absolute Gasteiger partial charge is 0.330 e. The number of fused-ring (bicyclic) bond motifs is 1. The third-order valence-electron chi connectivity index (χ3n) is 3.96. The topological polar surface area (TPSA) is 105 Å². The van der Waals surface area contributed by atoms with Gasteiger partial charge < -0.3 is 20.3 Å². The molecular formula is C15H23N3O5S. The van der Waals surface area contributed by atoms with Gasteiger partial charge in [0.05, 0.1) is 11.4 Å². The Hall–Kier alpha value is -1.77. The molecule has 0 radical (unpaired) electrons. The molecule has 0 saturated carbocycles. The molecule has 2 saturated heterocycles. The highest BCUT2D eigenvalue weighted by Crippen LogP contribution is 2.47. The number of carbonyl (C=O) groups is 4. The Morgan fingerprint density at radius 3 is 2.75 bits per heavy atom. The van der Waals surface area contributed by atoms with E-state index >= 15 is 0 Å². The lowest BCUT2D eigenvalue weighted by molar-refractivity contribution is -0.156. The third-order valence-corrected chi connectivity index (χ3v) is 5.46. The van der Waals surface area contributed by atoms with Gasteiger partial charge in [-0.05, 0) is 27.2 Å². The minimum atomic E-state index is -0.646. The van der Waals surface area contributed by atoms with Gasteiger partial charge in [0.2, 0.25) is 11.8 Å².